The fourth-order valence-electron chi connectivity index (χ4n) is 8.36. The van der Waals surface area contributed by atoms with Crippen molar-refractivity contribution in [1.82, 2.24) is 59.9 Å². The molecule has 446 valence electrons. The number of anilines is 4. The van der Waals surface area contributed by atoms with Crippen LogP contribution in [0.2, 0.25) is 15.5 Å². The van der Waals surface area contributed by atoms with Gasteiger partial charge in [-0.05, 0) is 148 Å². The van der Waals surface area contributed by atoms with E-state index in [0.717, 1.165) is 102 Å². The number of hydrogen-bond acceptors (Lipinski definition) is 16. The molecule has 6 aromatic heterocycles. The third-order valence-electron chi connectivity index (χ3n) is 12.9. The van der Waals surface area contributed by atoms with E-state index in [0.29, 0.717) is 52.2 Å². The van der Waals surface area contributed by atoms with Gasteiger partial charge in [-0.1, -0.05) is 34.8 Å². The van der Waals surface area contributed by atoms with E-state index in [2.05, 4.69) is 71.3 Å². The SMILES string of the molecule is ClCCl.Fc1ccc2nc(-c3cnnc(Cl)c3)n(C3CC3)c2c1.N#Cc1cc(-c2nc3ccc(F)cc3n2C2CC2)cnn1.Nc1ccc(F)cc1NC1CC1.O=C(Nc1ccc(F)cc1NC1CC1)c1cnnc(Cl)c1.O=C(O)c1cnnc(Cl)c1. The first-order chi connectivity index (χ1) is 42.0. The minimum absolute atomic E-state index is 0.0417. The number of fused-ring (bicyclic) bond motifs is 2. The van der Waals surface area contributed by atoms with Crippen LogP contribution in [0.1, 0.15) is 89.9 Å². The number of nitrogens with two attached hydrogens (primary N) is 1. The summed E-state index contributed by atoms with van der Waals surface area (Å²) >= 11 is 26.5. The van der Waals surface area contributed by atoms with Crippen molar-refractivity contribution in [2.24, 2.45) is 0 Å². The molecule has 0 saturated heterocycles. The smallest absolute Gasteiger partial charge is 0.337 e. The number of aromatic carboxylic acids is 1. The second-order valence-corrected chi connectivity index (χ2v) is 21.7. The van der Waals surface area contributed by atoms with Crippen molar-refractivity contribution in [2.45, 2.75) is 75.5 Å². The van der Waals surface area contributed by atoms with Crippen LogP contribution in [0.4, 0.5) is 40.3 Å². The van der Waals surface area contributed by atoms with Gasteiger partial charge in [-0.3, -0.25) is 4.79 Å². The van der Waals surface area contributed by atoms with Crippen LogP contribution in [0.3, 0.4) is 0 Å². The van der Waals surface area contributed by atoms with Gasteiger partial charge in [-0.25, -0.2) is 32.3 Å². The Balaban J connectivity index is 0.000000131. The van der Waals surface area contributed by atoms with Crippen molar-refractivity contribution in [1.29, 1.82) is 5.26 Å². The highest BCUT2D eigenvalue weighted by Gasteiger charge is 2.31. The molecule has 0 aliphatic heterocycles. The molecule has 4 fully saturated rings. The van der Waals surface area contributed by atoms with E-state index < -0.39 is 5.97 Å². The minimum atomic E-state index is -1.06. The van der Waals surface area contributed by atoms with Gasteiger partial charge in [-0.15, -0.1) is 43.6 Å². The van der Waals surface area contributed by atoms with Crippen molar-refractivity contribution >= 4 is 115 Å². The van der Waals surface area contributed by atoms with Gasteiger partial charge in [0.15, 0.2) is 21.2 Å². The van der Waals surface area contributed by atoms with Gasteiger partial charge in [0, 0.05) is 35.3 Å². The molecule has 4 aromatic carbocycles. The number of nitrogens with one attached hydrogen (secondary N) is 3. The first kappa shape index (κ1) is 62.7. The summed E-state index contributed by atoms with van der Waals surface area (Å²) in [5, 5.41) is 56.2. The third-order valence-corrected chi connectivity index (χ3v) is 13.5. The second kappa shape index (κ2) is 29.0. The quantitative estimate of drug-likeness (QED) is 0.0457. The number of carbonyl (C=O) groups is 2. The second-order valence-electron chi connectivity index (χ2n) is 19.7. The van der Waals surface area contributed by atoms with Crippen LogP contribution in [0.25, 0.3) is 44.8 Å². The van der Waals surface area contributed by atoms with Crippen LogP contribution in [0.15, 0.2) is 122 Å². The van der Waals surface area contributed by atoms with Gasteiger partial charge in [0.05, 0.1) is 86.1 Å². The molecule has 87 heavy (non-hydrogen) atoms. The number of imidazole rings is 2. The normalized spacial score (nSPS) is 13.7. The average molecular weight is 1280 g/mol. The molecule has 0 spiro atoms. The number of nitrogens with zero attached hydrogens (tertiary/aromatic N) is 13. The third kappa shape index (κ3) is 17.6. The van der Waals surface area contributed by atoms with Gasteiger partial charge in [0.25, 0.3) is 5.91 Å². The summed E-state index contributed by atoms with van der Waals surface area (Å²) in [6, 6.07) is 27.4. The lowest BCUT2D eigenvalue weighted by Crippen LogP contribution is -2.15. The highest BCUT2D eigenvalue weighted by atomic mass is 35.5. The Morgan fingerprint density at radius 2 is 1.00 bits per heavy atom. The van der Waals surface area contributed by atoms with Crippen LogP contribution in [-0.2, 0) is 0 Å². The van der Waals surface area contributed by atoms with E-state index in [9.17, 15) is 27.2 Å². The number of hydrogen-bond donors (Lipinski definition) is 5. The lowest BCUT2D eigenvalue weighted by molar-refractivity contribution is 0.0695. The lowest BCUT2D eigenvalue weighted by atomic mass is 10.2. The predicted octanol–water partition coefficient (Wildman–Crippen LogP) is 13.8. The number of aromatic nitrogens is 12. The first-order valence-corrected chi connectivity index (χ1v) is 28.7. The molecule has 10 aromatic rings. The number of nitrogen functional groups attached to an aromatic ring is 1. The van der Waals surface area contributed by atoms with Crippen molar-refractivity contribution in [3.05, 3.63) is 177 Å². The molecular formula is C58H48Cl5F4N17O3. The van der Waals surface area contributed by atoms with Crippen LogP contribution >= 0.6 is 58.0 Å². The summed E-state index contributed by atoms with van der Waals surface area (Å²) < 4.78 is 57.2. The van der Waals surface area contributed by atoms with Gasteiger partial charge >= 0.3 is 5.97 Å². The average Bonchev–Trinajstić information content (AvgIpc) is 1.82. The van der Waals surface area contributed by atoms with E-state index in [-0.39, 0.29) is 61.6 Å². The number of halogens is 9. The molecule has 4 aliphatic rings. The van der Waals surface area contributed by atoms with Gasteiger partial charge in [0.2, 0.25) is 0 Å². The Bertz CT molecular complexity index is 4140. The zero-order valence-electron chi connectivity index (χ0n) is 45.3. The fraction of sp³-hybridized carbons (Fsp3) is 0.224. The Morgan fingerprint density at radius 1 is 0.563 bits per heavy atom. The molecule has 6 N–H and O–H groups in total. The summed E-state index contributed by atoms with van der Waals surface area (Å²) in [5.74, 6) is -1.08. The van der Waals surface area contributed by atoms with Crippen molar-refractivity contribution in [3.8, 4) is 28.8 Å². The summed E-state index contributed by atoms with van der Waals surface area (Å²) in [6.07, 6.45) is 14.4. The minimum Gasteiger partial charge on any atom is -0.478 e. The Morgan fingerprint density at radius 3 is 1.48 bits per heavy atom. The number of nitriles is 1. The van der Waals surface area contributed by atoms with E-state index in [1.807, 2.05) is 10.6 Å². The van der Waals surface area contributed by atoms with Gasteiger partial charge in [0.1, 0.15) is 41.0 Å². The maximum absolute atomic E-state index is 13.5. The number of benzene rings is 4. The fourth-order valence-corrected chi connectivity index (χ4v) is 8.84. The molecule has 14 rings (SSSR count). The maximum Gasteiger partial charge on any atom is 0.337 e. The number of carboxylic acid groups (broad SMARTS) is 1. The number of amides is 1. The molecule has 0 bridgehead atoms. The first-order valence-electron chi connectivity index (χ1n) is 26.5. The van der Waals surface area contributed by atoms with Crippen LogP contribution in [0, 0.1) is 34.6 Å². The Labute approximate surface area is 518 Å². The summed E-state index contributed by atoms with van der Waals surface area (Å²) in [4.78, 5) is 31.5. The predicted molar refractivity (Wildman–Crippen MR) is 324 cm³/mol. The molecule has 0 radical (unpaired) electrons. The van der Waals surface area contributed by atoms with Crippen LogP contribution < -0.4 is 21.7 Å². The highest BCUT2D eigenvalue weighted by Crippen LogP contribution is 2.43. The number of rotatable bonds is 11. The van der Waals surface area contributed by atoms with Crippen molar-refractivity contribution < 1.29 is 32.3 Å². The maximum atomic E-state index is 13.5. The monoisotopic (exact) mass is 1280 g/mol. The Hall–Kier alpha value is -8.86. The molecule has 4 aliphatic carbocycles. The Kier molecular flexibility index (Phi) is 20.9. The largest absolute Gasteiger partial charge is 0.478 e. The van der Waals surface area contributed by atoms with Gasteiger partial charge in [-0.2, -0.15) is 25.7 Å². The molecule has 29 heteroatoms. The number of carboxylic acids is 1. The van der Waals surface area contributed by atoms with Crippen molar-refractivity contribution in [3.63, 3.8) is 0 Å². The molecule has 6 heterocycles. The van der Waals surface area contributed by atoms with E-state index >= 15 is 0 Å². The van der Waals surface area contributed by atoms with Crippen LogP contribution in [-0.4, -0.2) is 94.3 Å². The summed E-state index contributed by atoms with van der Waals surface area (Å²) in [6.45, 7) is 0. The molecular weight excluding hydrogens is 1240 g/mol. The van der Waals surface area contributed by atoms with E-state index in [1.54, 1.807) is 42.7 Å². The zero-order valence-corrected chi connectivity index (χ0v) is 49.1. The molecule has 0 atom stereocenters. The van der Waals surface area contributed by atoms with E-state index in [4.69, 9.17) is 74.1 Å². The van der Waals surface area contributed by atoms with E-state index in [1.165, 1.54) is 72.9 Å². The number of carbonyl (C=O) groups excluding carboxylic acids is 1. The molecule has 20 nitrogen and oxygen atoms in total. The standard InChI is InChI=1S/C15H10FN5.C14H12ClFN4O.C14H10ClFN4.C9H11FN2.C5H3ClN2O2.CH2Cl2/c16-10-1-4-13-14(6-10)21(12-2-3-12)15(19-13)9-5-11(7-17)20-18-8-9;15-13-5-8(7-17-20-13)14(21)19-11-4-1-9(16)6-12(11)18-10-2-3-10;15-13-5-8(7-17-19-13)14-18-11-4-1-9(16)6-12(11)20(14)10-2-3-10;10-6-1-4-8(11)9(5-6)12-7-2-3-7;6-4-1-3(5(9)10)2-7-8-4;2-1-3/h1,4-6,8,12H,2-3H2;1,4-7,10,18H,2-3H2,(H,19,21);1,4-7,10H,2-3H2;1,4-5,7,12H,2-3,11H2;1-2H,(H,9,10);1H2. The summed E-state index contributed by atoms with van der Waals surface area (Å²) in [7, 11) is 0. The zero-order chi connectivity index (χ0) is 61.7. The highest BCUT2D eigenvalue weighted by molar-refractivity contribution is 6.40. The summed E-state index contributed by atoms with van der Waals surface area (Å²) in [5.41, 5.74) is 13.3. The molecule has 0 unspecified atom stereocenters. The number of alkyl halides is 2. The van der Waals surface area contributed by atoms with Gasteiger partial charge < -0.3 is 35.9 Å². The van der Waals surface area contributed by atoms with Crippen molar-refractivity contribution in [2.75, 3.05) is 27.0 Å². The topological polar surface area (TPSA) is 279 Å². The van der Waals surface area contributed by atoms with Crippen LogP contribution in [0.5, 0.6) is 0 Å². The molecule has 1 amide bonds. The lowest BCUT2D eigenvalue weighted by Gasteiger charge is -2.12. The molecule has 4 saturated carbocycles.